The largest absolute Gasteiger partial charge is 0.497 e. The molecule has 2 saturated heterocycles. The summed E-state index contributed by atoms with van der Waals surface area (Å²) in [6.07, 6.45) is 2.09. The number of methoxy groups -OCH3 is 2. The molecule has 0 N–H and O–H groups in total. The third-order valence-corrected chi connectivity index (χ3v) is 11.9. The molecule has 0 amide bonds. The van der Waals surface area contributed by atoms with E-state index in [4.69, 9.17) is 30.0 Å². The van der Waals surface area contributed by atoms with Gasteiger partial charge in [-0.2, -0.15) is 29.2 Å². The molecule has 4 heterocycles. The number of hydrogen-bond donors (Lipinski definition) is 0. The second-order valence-corrected chi connectivity index (χ2v) is 15.5. The minimum absolute atomic E-state index is 0.629. The fraction of sp³-hybridized carbons (Fsp3) is 0.318. The lowest BCUT2D eigenvalue weighted by atomic mass is 10.1. The van der Waals surface area contributed by atoms with Crippen LogP contribution in [0.5, 0.6) is 11.5 Å². The van der Waals surface area contributed by atoms with E-state index in [9.17, 15) is 0 Å². The highest BCUT2D eigenvalue weighted by Crippen LogP contribution is 2.27. The Morgan fingerprint density at radius 1 is 0.552 bits per heavy atom. The predicted molar refractivity (Wildman–Crippen MR) is 231 cm³/mol. The first-order chi connectivity index (χ1) is 28.5. The summed E-state index contributed by atoms with van der Waals surface area (Å²) in [6.45, 7) is 10.1. The Morgan fingerprint density at radius 2 is 1.02 bits per heavy atom. The Kier molecular flexibility index (Phi) is 13.9. The maximum absolute atomic E-state index is 9.08. The quantitative estimate of drug-likeness (QED) is 0.128. The van der Waals surface area contributed by atoms with E-state index in [0.717, 1.165) is 117 Å². The maximum Gasteiger partial charge on any atom is 0.205 e. The number of rotatable bonds is 12. The minimum Gasteiger partial charge on any atom is -0.497 e. The van der Waals surface area contributed by atoms with Gasteiger partial charge in [0.1, 0.15) is 11.5 Å². The molecular weight excluding hydrogens is 765 g/mol. The summed E-state index contributed by atoms with van der Waals surface area (Å²) in [5, 5.41) is 19.9. The number of ether oxygens (including phenoxy) is 2. The summed E-state index contributed by atoms with van der Waals surface area (Å²) in [6, 6.07) is 35.8. The van der Waals surface area contributed by atoms with Gasteiger partial charge in [0.15, 0.2) is 11.6 Å². The first kappa shape index (κ1) is 40.3. The highest BCUT2D eigenvalue weighted by molar-refractivity contribution is 7.10. The van der Waals surface area contributed by atoms with Gasteiger partial charge in [-0.1, -0.05) is 36.4 Å². The Balaban J connectivity index is 0.000000177. The summed E-state index contributed by atoms with van der Waals surface area (Å²) in [5.74, 6) is 3.23. The lowest BCUT2D eigenvalue weighted by Gasteiger charge is -2.34. The van der Waals surface area contributed by atoms with Crippen molar-refractivity contribution in [3.8, 4) is 46.4 Å². The normalized spacial score (nSPS) is 14.6. The van der Waals surface area contributed by atoms with Gasteiger partial charge in [0.2, 0.25) is 10.3 Å². The van der Waals surface area contributed by atoms with Crippen molar-refractivity contribution >= 4 is 33.3 Å². The molecule has 8 rings (SSSR count). The lowest BCUT2D eigenvalue weighted by Crippen LogP contribution is -2.47. The van der Waals surface area contributed by atoms with Gasteiger partial charge in [-0.05, 0) is 84.6 Å². The molecule has 296 valence electrons. The number of piperazine rings is 2. The van der Waals surface area contributed by atoms with Crippen molar-refractivity contribution in [1.82, 2.24) is 28.5 Å². The average Bonchev–Trinajstić information content (AvgIpc) is 4.01. The van der Waals surface area contributed by atoms with Crippen LogP contribution < -0.4 is 19.3 Å². The highest BCUT2D eigenvalue weighted by atomic mass is 32.1. The molecule has 2 aliphatic heterocycles. The van der Waals surface area contributed by atoms with Crippen molar-refractivity contribution in [1.29, 1.82) is 10.5 Å². The van der Waals surface area contributed by atoms with Gasteiger partial charge in [0, 0.05) is 99.6 Å². The van der Waals surface area contributed by atoms with Crippen LogP contribution in [0.4, 0.5) is 10.3 Å². The van der Waals surface area contributed by atoms with Crippen LogP contribution in [0.3, 0.4) is 0 Å². The number of nitrogens with zero attached hydrogens (tertiary/aromatic N) is 10. The number of anilines is 2. The zero-order valence-corrected chi connectivity index (χ0v) is 34.5. The molecule has 2 aromatic heterocycles. The van der Waals surface area contributed by atoms with E-state index in [2.05, 4.69) is 64.8 Å². The number of aromatic nitrogens is 4. The minimum atomic E-state index is 0.629. The van der Waals surface area contributed by atoms with Crippen molar-refractivity contribution in [2.24, 2.45) is 0 Å². The molecule has 0 atom stereocenters. The Morgan fingerprint density at radius 3 is 1.47 bits per heavy atom. The topological polar surface area (TPSA) is 131 Å². The third kappa shape index (κ3) is 10.7. The van der Waals surface area contributed by atoms with E-state index in [1.165, 1.54) is 34.2 Å². The molecule has 0 unspecified atom stereocenters. The van der Waals surface area contributed by atoms with Crippen LogP contribution in [0.2, 0.25) is 0 Å². The van der Waals surface area contributed by atoms with E-state index in [0.29, 0.717) is 17.0 Å². The molecule has 2 aliphatic rings. The van der Waals surface area contributed by atoms with Crippen molar-refractivity contribution < 1.29 is 9.47 Å². The van der Waals surface area contributed by atoms with Gasteiger partial charge in [-0.25, -0.2) is 0 Å². The van der Waals surface area contributed by atoms with Gasteiger partial charge >= 0.3 is 0 Å². The van der Waals surface area contributed by atoms with E-state index < -0.39 is 0 Å². The molecule has 0 bridgehead atoms. The first-order valence-electron chi connectivity index (χ1n) is 19.4. The summed E-state index contributed by atoms with van der Waals surface area (Å²) >= 11 is 2.88. The second-order valence-electron chi connectivity index (χ2n) is 14.0. The fourth-order valence-corrected chi connectivity index (χ4v) is 8.31. The molecule has 12 nitrogen and oxygen atoms in total. The van der Waals surface area contributed by atoms with Crippen molar-refractivity contribution in [3.05, 3.63) is 119 Å². The van der Waals surface area contributed by atoms with Gasteiger partial charge in [-0.3, -0.25) is 9.80 Å². The van der Waals surface area contributed by atoms with E-state index in [-0.39, 0.29) is 0 Å². The van der Waals surface area contributed by atoms with Gasteiger partial charge < -0.3 is 19.3 Å². The molecule has 14 heteroatoms. The zero-order chi connectivity index (χ0) is 40.1. The summed E-state index contributed by atoms with van der Waals surface area (Å²) in [7, 11) is 3.39. The molecule has 0 aliphatic carbocycles. The Labute approximate surface area is 348 Å². The van der Waals surface area contributed by atoms with Crippen molar-refractivity contribution in [2.45, 2.75) is 12.8 Å². The second kappa shape index (κ2) is 20.0. The van der Waals surface area contributed by atoms with Gasteiger partial charge in [-0.15, -0.1) is 0 Å². The molecule has 4 aromatic carbocycles. The smallest absolute Gasteiger partial charge is 0.205 e. The van der Waals surface area contributed by atoms with Crippen LogP contribution in [0.1, 0.15) is 22.3 Å². The zero-order valence-electron chi connectivity index (χ0n) is 32.8. The maximum atomic E-state index is 9.08. The van der Waals surface area contributed by atoms with E-state index in [1.54, 1.807) is 32.4 Å². The molecule has 0 radical (unpaired) electrons. The van der Waals surface area contributed by atoms with Crippen molar-refractivity contribution in [2.75, 3.05) is 89.5 Å². The highest BCUT2D eigenvalue weighted by Gasteiger charge is 2.22. The van der Waals surface area contributed by atoms with Crippen LogP contribution in [0.25, 0.3) is 22.8 Å². The Bertz CT molecular complexity index is 2280. The summed E-state index contributed by atoms with van der Waals surface area (Å²) < 4.78 is 19.4. The van der Waals surface area contributed by atoms with Crippen LogP contribution in [-0.2, 0) is 12.8 Å². The monoisotopic (exact) mass is 810 g/mol. The van der Waals surface area contributed by atoms with Gasteiger partial charge in [0.25, 0.3) is 0 Å². The molecule has 58 heavy (non-hydrogen) atoms. The molecule has 6 aromatic rings. The molecule has 2 fully saturated rings. The van der Waals surface area contributed by atoms with Gasteiger partial charge in [0.05, 0.1) is 37.5 Å². The van der Waals surface area contributed by atoms with Crippen LogP contribution in [0, 0.1) is 22.7 Å². The average molecular weight is 811 g/mol. The first-order valence-corrected chi connectivity index (χ1v) is 20.9. The summed E-state index contributed by atoms with van der Waals surface area (Å²) in [5.41, 5.74) is 5.79. The fourth-order valence-electron chi connectivity index (χ4n) is 6.83. The molecular formula is C44H46N10O2S2. The number of nitriles is 2. The number of benzene rings is 4. The van der Waals surface area contributed by atoms with Crippen LogP contribution >= 0.6 is 23.1 Å². The predicted octanol–water partition coefficient (Wildman–Crippen LogP) is 6.90. The van der Waals surface area contributed by atoms with Crippen molar-refractivity contribution in [3.63, 3.8) is 0 Å². The van der Waals surface area contributed by atoms with E-state index in [1.807, 2.05) is 54.6 Å². The number of hydrogen-bond acceptors (Lipinski definition) is 14. The standard InChI is InChI=1S/2C22H23N5OS/c1-28-20-8-4-17(5-9-20)10-11-26-12-14-27(15-13-26)22-24-21(25-29-22)19-6-2-18(16-23)3-7-19;1-28-20-7-5-17(6-8-20)9-10-26-11-13-27(14-12-26)22-24-21(25-29-22)19-4-2-3-18(15-19)16-23/h2-9H,10-15H2,1H3;2-8,15H,9-14H2,1H3. The SMILES string of the molecule is COc1ccc(CCN2CCN(c3nc(-c4ccc(C#N)cc4)ns3)CC2)cc1.COc1ccc(CCN2CCN(c3nc(-c4cccc(C#N)c4)ns3)CC2)cc1. The summed E-state index contributed by atoms with van der Waals surface area (Å²) in [4.78, 5) is 19.0. The Hall–Kier alpha value is -5.90. The van der Waals surface area contributed by atoms with Crippen LogP contribution in [-0.4, -0.2) is 108 Å². The molecule has 0 spiro atoms. The molecule has 0 saturated carbocycles. The van der Waals surface area contributed by atoms with Crippen LogP contribution in [0.15, 0.2) is 97.1 Å². The lowest BCUT2D eigenvalue weighted by molar-refractivity contribution is 0.261. The third-order valence-electron chi connectivity index (χ3n) is 10.4. The van der Waals surface area contributed by atoms with E-state index >= 15 is 0 Å².